The van der Waals surface area contributed by atoms with Gasteiger partial charge in [0, 0.05) is 6.04 Å². The number of carbonyl (C=O) groups excluding carboxylic acids is 1. The molecule has 1 atom stereocenters. The van der Waals surface area contributed by atoms with E-state index >= 15 is 0 Å². The van der Waals surface area contributed by atoms with Gasteiger partial charge in [0.1, 0.15) is 12.4 Å². The van der Waals surface area contributed by atoms with E-state index in [1.54, 1.807) is 18.2 Å². The first-order valence-electron chi connectivity index (χ1n) is 8.11. The van der Waals surface area contributed by atoms with Crippen molar-refractivity contribution in [1.29, 1.82) is 0 Å². The van der Waals surface area contributed by atoms with Crippen molar-refractivity contribution in [1.82, 2.24) is 14.9 Å². The molecule has 1 amide bonds. The number of rotatable bonds is 6. The minimum absolute atomic E-state index is 0.0756. The molecule has 1 aromatic heterocycles. The molecule has 0 saturated carbocycles. The number of nitrogens with two attached hydrogens (primary N) is 1. The number of para-hydroxylation sites is 1. The van der Waals surface area contributed by atoms with E-state index in [9.17, 15) is 9.59 Å². The van der Waals surface area contributed by atoms with E-state index in [1.165, 1.54) is 4.57 Å². The molecule has 1 heterocycles. The number of amides is 1. The minimum atomic E-state index is -0.573. The second-order valence-electron chi connectivity index (χ2n) is 5.92. The standard InChI is InChI=1S/C19H20N4O2/c1-13(14-7-3-2-4-8-14)21-11-18-22-16-10-6-5-9-15(16)19(25)23(18)12-17(20)24/h2-10,13,21H,11-12H2,1H3,(H2,20,24)/t13-/m1/s1. The van der Waals surface area contributed by atoms with Gasteiger partial charge in [-0.25, -0.2) is 4.98 Å². The van der Waals surface area contributed by atoms with Crippen LogP contribution in [0.1, 0.15) is 24.4 Å². The Hall–Kier alpha value is -2.99. The maximum atomic E-state index is 12.7. The molecule has 0 spiro atoms. The van der Waals surface area contributed by atoms with Crippen molar-refractivity contribution in [3.8, 4) is 0 Å². The monoisotopic (exact) mass is 336 g/mol. The number of aromatic nitrogens is 2. The first-order valence-corrected chi connectivity index (χ1v) is 8.11. The lowest BCUT2D eigenvalue weighted by atomic mass is 10.1. The fourth-order valence-electron chi connectivity index (χ4n) is 2.77. The van der Waals surface area contributed by atoms with Gasteiger partial charge >= 0.3 is 0 Å². The van der Waals surface area contributed by atoms with Crippen molar-refractivity contribution < 1.29 is 4.79 Å². The Balaban J connectivity index is 1.94. The van der Waals surface area contributed by atoms with Gasteiger partial charge in [0.15, 0.2) is 0 Å². The molecule has 25 heavy (non-hydrogen) atoms. The number of carbonyl (C=O) groups is 1. The van der Waals surface area contributed by atoms with Crippen molar-refractivity contribution in [3.63, 3.8) is 0 Å². The molecular weight excluding hydrogens is 316 g/mol. The molecule has 0 aliphatic rings. The summed E-state index contributed by atoms with van der Waals surface area (Å²) in [4.78, 5) is 28.6. The van der Waals surface area contributed by atoms with Crippen molar-refractivity contribution in [3.05, 3.63) is 76.3 Å². The second kappa shape index (κ2) is 7.27. The Labute approximate surface area is 145 Å². The second-order valence-corrected chi connectivity index (χ2v) is 5.92. The molecule has 0 unspecified atom stereocenters. The number of hydrogen-bond donors (Lipinski definition) is 2. The normalized spacial score (nSPS) is 12.2. The van der Waals surface area contributed by atoms with Gasteiger partial charge in [-0.1, -0.05) is 42.5 Å². The van der Waals surface area contributed by atoms with Crippen molar-refractivity contribution >= 4 is 16.8 Å². The van der Waals surface area contributed by atoms with Crippen LogP contribution in [0.5, 0.6) is 0 Å². The average molecular weight is 336 g/mol. The summed E-state index contributed by atoms with van der Waals surface area (Å²) in [6, 6.07) is 17.1. The number of primary amides is 1. The molecule has 128 valence electrons. The van der Waals surface area contributed by atoms with Crippen LogP contribution in [-0.2, 0) is 17.9 Å². The van der Waals surface area contributed by atoms with E-state index in [0.717, 1.165) is 5.56 Å². The summed E-state index contributed by atoms with van der Waals surface area (Å²) in [5, 5.41) is 3.82. The lowest BCUT2D eigenvalue weighted by Crippen LogP contribution is -2.33. The van der Waals surface area contributed by atoms with Crippen LogP contribution >= 0.6 is 0 Å². The smallest absolute Gasteiger partial charge is 0.261 e. The fourth-order valence-corrected chi connectivity index (χ4v) is 2.77. The fraction of sp³-hybridized carbons (Fsp3) is 0.211. The van der Waals surface area contributed by atoms with E-state index in [-0.39, 0.29) is 18.1 Å². The van der Waals surface area contributed by atoms with E-state index in [0.29, 0.717) is 23.3 Å². The van der Waals surface area contributed by atoms with Crippen molar-refractivity contribution in [2.24, 2.45) is 5.73 Å². The number of fused-ring (bicyclic) bond motifs is 1. The van der Waals surface area contributed by atoms with Gasteiger partial charge in [-0.3, -0.25) is 14.2 Å². The Morgan fingerprint density at radius 3 is 2.56 bits per heavy atom. The zero-order valence-corrected chi connectivity index (χ0v) is 14.0. The number of benzene rings is 2. The predicted molar refractivity (Wildman–Crippen MR) is 96.9 cm³/mol. The SMILES string of the molecule is C[C@@H](NCc1nc2ccccc2c(=O)n1CC(N)=O)c1ccccc1. The van der Waals surface area contributed by atoms with E-state index < -0.39 is 5.91 Å². The Kier molecular flexibility index (Phi) is 4.90. The summed E-state index contributed by atoms with van der Waals surface area (Å²) >= 11 is 0. The molecule has 0 aliphatic carbocycles. The highest BCUT2D eigenvalue weighted by molar-refractivity contribution is 5.78. The third-order valence-corrected chi connectivity index (χ3v) is 4.12. The van der Waals surface area contributed by atoms with Crippen molar-refractivity contribution in [2.75, 3.05) is 0 Å². The molecule has 6 heteroatoms. The molecular formula is C19H20N4O2. The third kappa shape index (κ3) is 3.75. The first kappa shape index (κ1) is 16.9. The molecule has 0 aliphatic heterocycles. The Bertz CT molecular complexity index is 951. The summed E-state index contributed by atoms with van der Waals surface area (Å²) < 4.78 is 1.34. The molecule has 6 nitrogen and oxygen atoms in total. The van der Waals surface area contributed by atoms with Crippen LogP contribution in [0.2, 0.25) is 0 Å². The molecule has 2 aromatic carbocycles. The van der Waals surface area contributed by atoms with Crippen LogP contribution in [0, 0.1) is 0 Å². The van der Waals surface area contributed by atoms with E-state index in [4.69, 9.17) is 5.73 Å². The maximum absolute atomic E-state index is 12.7. The summed E-state index contributed by atoms with van der Waals surface area (Å²) in [7, 11) is 0. The molecule has 0 bridgehead atoms. The number of hydrogen-bond acceptors (Lipinski definition) is 4. The maximum Gasteiger partial charge on any atom is 0.261 e. The van der Waals surface area contributed by atoms with Crippen LogP contribution in [0.4, 0.5) is 0 Å². The van der Waals surface area contributed by atoms with Crippen LogP contribution in [0.3, 0.4) is 0 Å². The molecule has 0 radical (unpaired) electrons. The van der Waals surface area contributed by atoms with Gasteiger partial charge in [-0.05, 0) is 24.6 Å². The van der Waals surface area contributed by atoms with Crippen molar-refractivity contribution in [2.45, 2.75) is 26.1 Å². The number of nitrogens with zero attached hydrogens (tertiary/aromatic N) is 2. The van der Waals surface area contributed by atoms with Crippen LogP contribution in [0.25, 0.3) is 10.9 Å². The zero-order chi connectivity index (χ0) is 17.8. The van der Waals surface area contributed by atoms with Gasteiger partial charge in [-0.2, -0.15) is 0 Å². The largest absolute Gasteiger partial charge is 0.368 e. The van der Waals surface area contributed by atoms with Gasteiger partial charge in [0.25, 0.3) is 5.56 Å². The van der Waals surface area contributed by atoms with E-state index in [2.05, 4.69) is 10.3 Å². The minimum Gasteiger partial charge on any atom is -0.368 e. The van der Waals surface area contributed by atoms with Gasteiger partial charge in [0.05, 0.1) is 17.4 Å². The molecule has 3 rings (SSSR count). The molecule has 0 fully saturated rings. The summed E-state index contributed by atoms with van der Waals surface area (Å²) in [6.07, 6.45) is 0. The first-order chi connectivity index (χ1) is 12.1. The topological polar surface area (TPSA) is 90.0 Å². The quantitative estimate of drug-likeness (QED) is 0.717. The highest BCUT2D eigenvalue weighted by atomic mass is 16.2. The Morgan fingerprint density at radius 1 is 1.16 bits per heavy atom. The lowest BCUT2D eigenvalue weighted by Gasteiger charge is -2.17. The summed E-state index contributed by atoms with van der Waals surface area (Å²) in [5.41, 5.74) is 6.79. The van der Waals surface area contributed by atoms with Crippen LogP contribution < -0.4 is 16.6 Å². The third-order valence-electron chi connectivity index (χ3n) is 4.12. The molecule has 0 saturated heterocycles. The lowest BCUT2D eigenvalue weighted by molar-refractivity contribution is -0.118. The van der Waals surface area contributed by atoms with Gasteiger partial charge < -0.3 is 11.1 Å². The van der Waals surface area contributed by atoms with E-state index in [1.807, 2.05) is 43.3 Å². The van der Waals surface area contributed by atoms with Gasteiger partial charge in [0.2, 0.25) is 5.91 Å². The summed E-state index contributed by atoms with van der Waals surface area (Å²) in [5.74, 6) is -0.0816. The van der Waals surface area contributed by atoms with Crippen LogP contribution in [-0.4, -0.2) is 15.5 Å². The van der Waals surface area contributed by atoms with Gasteiger partial charge in [-0.15, -0.1) is 0 Å². The number of nitrogens with one attached hydrogen (secondary N) is 1. The van der Waals surface area contributed by atoms with Crippen LogP contribution in [0.15, 0.2) is 59.4 Å². The highest BCUT2D eigenvalue weighted by Gasteiger charge is 2.13. The summed E-state index contributed by atoms with van der Waals surface area (Å²) in [6.45, 7) is 2.20. The predicted octanol–water partition coefficient (Wildman–Crippen LogP) is 1.73. The zero-order valence-electron chi connectivity index (χ0n) is 14.0. The Morgan fingerprint density at radius 2 is 1.84 bits per heavy atom. The highest BCUT2D eigenvalue weighted by Crippen LogP contribution is 2.13. The molecule has 3 aromatic rings. The average Bonchev–Trinajstić information content (AvgIpc) is 2.63. The molecule has 3 N–H and O–H groups in total.